The van der Waals surface area contributed by atoms with Crippen LogP contribution in [0.25, 0.3) is 0 Å². The van der Waals surface area contributed by atoms with E-state index in [0.29, 0.717) is 19.1 Å². The van der Waals surface area contributed by atoms with Crippen molar-refractivity contribution in [2.45, 2.75) is 51.6 Å². The molecule has 0 spiro atoms. The van der Waals surface area contributed by atoms with Gasteiger partial charge in [0.25, 0.3) is 6.47 Å². The van der Waals surface area contributed by atoms with Gasteiger partial charge in [-0.1, -0.05) is 6.42 Å². The van der Waals surface area contributed by atoms with Crippen LogP contribution in [-0.4, -0.2) is 36.1 Å². The third-order valence-electron chi connectivity index (χ3n) is 2.85. The number of hydrogen-bond donors (Lipinski definition) is 0. The molecule has 1 aliphatic rings. The lowest BCUT2D eigenvalue weighted by Crippen LogP contribution is -2.52. The quantitative estimate of drug-likeness (QED) is 0.649. The topological polar surface area (TPSA) is 29.5 Å². The van der Waals surface area contributed by atoms with Gasteiger partial charge in [-0.3, -0.25) is 9.69 Å². The van der Waals surface area contributed by atoms with E-state index in [4.69, 9.17) is 4.74 Å². The van der Waals surface area contributed by atoms with E-state index in [9.17, 15) is 4.79 Å². The van der Waals surface area contributed by atoms with E-state index in [1.807, 2.05) is 0 Å². The molecule has 0 aromatic rings. The smallest absolute Gasteiger partial charge is 0.293 e. The summed E-state index contributed by atoms with van der Waals surface area (Å²) in [6.07, 6.45) is 3.65. The molecule has 0 aromatic heterocycles. The van der Waals surface area contributed by atoms with Crippen LogP contribution in [0.5, 0.6) is 0 Å². The molecule has 1 aliphatic heterocycles. The van der Waals surface area contributed by atoms with E-state index in [2.05, 4.69) is 25.7 Å². The second kappa shape index (κ2) is 4.78. The van der Waals surface area contributed by atoms with Crippen LogP contribution >= 0.6 is 0 Å². The Morgan fingerprint density at radius 3 is 2.71 bits per heavy atom. The molecule has 0 radical (unpaired) electrons. The highest BCUT2D eigenvalue weighted by Crippen LogP contribution is 2.25. The van der Waals surface area contributed by atoms with Gasteiger partial charge >= 0.3 is 0 Å². The molecule has 0 bridgehead atoms. The molecule has 1 heterocycles. The average molecular weight is 199 g/mol. The maximum atomic E-state index is 10.2. The summed E-state index contributed by atoms with van der Waals surface area (Å²) in [5.41, 5.74) is 0.178. The van der Waals surface area contributed by atoms with Crippen molar-refractivity contribution in [2.75, 3.05) is 13.2 Å². The summed E-state index contributed by atoms with van der Waals surface area (Å²) in [6.45, 7) is 8.86. The first-order valence-electron chi connectivity index (χ1n) is 5.37. The number of carbonyl (C=O) groups excluding carboxylic acids is 1. The third kappa shape index (κ3) is 2.98. The van der Waals surface area contributed by atoms with Gasteiger partial charge in [0.15, 0.2) is 0 Å². The van der Waals surface area contributed by atoms with E-state index in [0.717, 1.165) is 13.0 Å². The highest BCUT2D eigenvalue weighted by molar-refractivity contribution is 5.36. The Morgan fingerprint density at radius 1 is 1.43 bits per heavy atom. The molecule has 82 valence electrons. The van der Waals surface area contributed by atoms with Crippen molar-refractivity contribution in [1.29, 1.82) is 0 Å². The van der Waals surface area contributed by atoms with Gasteiger partial charge in [-0.15, -0.1) is 0 Å². The van der Waals surface area contributed by atoms with Crippen molar-refractivity contribution in [3.63, 3.8) is 0 Å². The Kier molecular flexibility index (Phi) is 3.93. The number of carbonyl (C=O) groups is 1. The van der Waals surface area contributed by atoms with E-state index >= 15 is 0 Å². The van der Waals surface area contributed by atoms with Crippen LogP contribution in [0.1, 0.15) is 40.0 Å². The van der Waals surface area contributed by atoms with E-state index in [-0.39, 0.29) is 5.54 Å². The zero-order valence-electron chi connectivity index (χ0n) is 9.45. The second-order valence-corrected chi connectivity index (χ2v) is 4.94. The zero-order chi connectivity index (χ0) is 10.6. The lowest BCUT2D eigenvalue weighted by Gasteiger charge is -2.44. The number of ether oxygens (including phenoxy) is 1. The first-order chi connectivity index (χ1) is 6.55. The van der Waals surface area contributed by atoms with Gasteiger partial charge in [0.2, 0.25) is 0 Å². The predicted octanol–water partition coefficient (Wildman–Crippen LogP) is 1.81. The van der Waals surface area contributed by atoms with Crippen LogP contribution in [0.2, 0.25) is 0 Å². The van der Waals surface area contributed by atoms with Crippen LogP contribution in [0, 0.1) is 0 Å². The predicted molar refractivity (Wildman–Crippen MR) is 56.1 cm³/mol. The summed E-state index contributed by atoms with van der Waals surface area (Å²) in [4.78, 5) is 12.6. The lowest BCUT2D eigenvalue weighted by atomic mass is 9.95. The fourth-order valence-corrected chi connectivity index (χ4v) is 2.21. The Bertz CT molecular complexity index is 186. The van der Waals surface area contributed by atoms with Gasteiger partial charge in [-0.25, -0.2) is 0 Å². The van der Waals surface area contributed by atoms with Gasteiger partial charge in [-0.05, 0) is 40.2 Å². The molecule has 0 aliphatic carbocycles. The van der Waals surface area contributed by atoms with Gasteiger partial charge in [-0.2, -0.15) is 0 Å². The molecular formula is C11H21NO2. The monoisotopic (exact) mass is 199 g/mol. The van der Waals surface area contributed by atoms with Crippen molar-refractivity contribution < 1.29 is 9.53 Å². The van der Waals surface area contributed by atoms with Gasteiger partial charge in [0.05, 0.1) is 0 Å². The number of nitrogens with zero attached hydrogens (tertiary/aromatic N) is 1. The minimum atomic E-state index is 0.178. The highest BCUT2D eigenvalue weighted by Gasteiger charge is 2.31. The van der Waals surface area contributed by atoms with Crippen LogP contribution < -0.4 is 0 Å². The van der Waals surface area contributed by atoms with Crippen LogP contribution in [-0.2, 0) is 9.53 Å². The molecular weight excluding hydrogens is 178 g/mol. The van der Waals surface area contributed by atoms with E-state index < -0.39 is 0 Å². The summed E-state index contributed by atoms with van der Waals surface area (Å²) in [5, 5.41) is 0. The Balaban J connectivity index is 2.54. The van der Waals surface area contributed by atoms with Crippen molar-refractivity contribution in [1.82, 2.24) is 4.90 Å². The van der Waals surface area contributed by atoms with E-state index in [1.54, 1.807) is 0 Å². The normalized spacial score (nSPS) is 24.6. The molecule has 0 saturated carbocycles. The van der Waals surface area contributed by atoms with Crippen LogP contribution in [0.3, 0.4) is 0 Å². The highest BCUT2D eigenvalue weighted by atomic mass is 16.5. The van der Waals surface area contributed by atoms with Gasteiger partial charge in [0, 0.05) is 11.6 Å². The van der Waals surface area contributed by atoms with E-state index in [1.165, 1.54) is 12.8 Å². The standard InChI is InChI=1S/C11H21NO2/c1-11(2,3)12-7-5-4-6-10(12)8-14-9-13/h9-10H,4-8H2,1-3H3. The van der Waals surface area contributed by atoms with Crippen molar-refractivity contribution in [3.05, 3.63) is 0 Å². The maximum Gasteiger partial charge on any atom is 0.293 e. The third-order valence-corrected chi connectivity index (χ3v) is 2.85. The molecule has 1 saturated heterocycles. The van der Waals surface area contributed by atoms with Gasteiger partial charge < -0.3 is 4.74 Å². The molecule has 1 rings (SSSR count). The van der Waals surface area contributed by atoms with Crippen LogP contribution in [0.4, 0.5) is 0 Å². The minimum absolute atomic E-state index is 0.178. The number of rotatable bonds is 3. The minimum Gasteiger partial charge on any atom is -0.466 e. The summed E-state index contributed by atoms with van der Waals surface area (Å²) in [7, 11) is 0. The van der Waals surface area contributed by atoms with Gasteiger partial charge in [0.1, 0.15) is 6.61 Å². The molecule has 0 N–H and O–H groups in total. The largest absolute Gasteiger partial charge is 0.466 e. The summed E-state index contributed by atoms with van der Waals surface area (Å²) in [5.74, 6) is 0. The summed E-state index contributed by atoms with van der Waals surface area (Å²) in [6, 6.07) is 0.411. The summed E-state index contributed by atoms with van der Waals surface area (Å²) >= 11 is 0. The van der Waals surface area contributed by atoms with Crippen molar-refractivity contribution >= 4 is 6.47 Å². The molecule has 3 nitrogen and oxygen atoms in total. The molecule has 1 atom stereocenters. The average Bonchev–Trinajstić information content (AvgIpc) is 2.14. The molecule has 14 heavy (non-hydrogen) atoms. The fraction of sp³-hybridized carbons (Fsp3) is 0.909. The molecule has 0 amide bonds. The zero-order valence-corrected chi connectivity index (χ0v) is 9.45. The second-order valence-electron chi connectivity index (χ2n) is 4.94. The maximum absolute atomic E-state index is 10.2. The summed E-state index contributed by atoms with van der Waals surface area (Å²) < 4.78 is 4.88. The number of hydrogen-bond acceptors (Lipinski definition) is 3. The Labute approximate surface area is 86.4 Å². The Hall–Kier alpha value is -0.570. The molecule has 1 unspecified atom stereocenters. The van der Waals surface area contributed by atoms with Crippen LogP contribution in [0.15, 0.2) is 0 Å². The molecule has 3 heteroatoms. The SMILES string of the molecule is CC(C)(C)N1CCCCC1COC=O. The molecule has 0 aromatic carbocycles. The Morgan fingerprint density at radius 2 is 2.14 bits per heavy atom. The fourth-order valence-electron chi connectivity index (χ4n) is 2.21. The van der Waals surface area contributed by atoms with Crippen molar-refractivity contribution in [3.8, 4) is 0 Å². The molecule has 1 fully saturated rings. The lowest BCUT2D eigenvalue weighted by molar-refractivity contribution is -0.131. The van der Waals surface area contributed by atoms with Crippen molar-refractivity contribution in [2.24, 2.45) is 0 Å². The first kappa shape index (κ1) is 11.5. The first-order valence-corrected chi connectivity index (χ1v) is 5.37. The number of piperidine rings is 1. The number of likely N-dealkylation sites (tertiary alicyclic amines) is 1.